The number of pyridine rings is 1. The first-order valence-corrected chi connectivity index (χ1v) is 5.24. The van der Waals surface area contributed by atoms with Crippen LogP contribution in [0.3, 0.4) is 0 Å². The largest absolute Gasteiger partial charge is 0.399 e. The molecule has 0 unspecified atom stereocenters. The van der Waals surface area contributed by atoms with Gasteiger partial charge in [-0.05, 0) is 31.5 Å². The second kappa shape index (κ2) is 3.96. The Morgan fingerprint density at radius 2 is 2.36 bits per heavy atom. The highest BCUT2D eigenvalue weighted by molar-refractivity contribution is 5.37. The topological polar surface area (TPSA) is 42.1 Å². The van der Waals surface area contributed by atoms with Crippen molar-refractivity contribution in [3.8, 4) is 0 Å². The van der Waals surface area contributed by atoms with Gasteiger partial charge < -0.3 is 5.73 Å². The monoisotopic (exact) mass is 191 g/mol. The number of hydrogen-bond acceptors (Lipinski definition) is 3. The summed E-state index contributed by atoms with van der Waals surface area (Å²) in [5.74, 6) is 0. The molecule has 1 fully saturated rings. The van der Waals surface area contributed by atoms with Crippen molar-refractivity contribution in [2.45, 2.75) is 32.4 Å². The summed E-state index contributed by atoms with van der Waals surface area (Å²) >= 11 is 0. The third kappa shape index (κ3) is 2.23. The number of nitrogens with zero attached hydrogens (tertiary/aromatic N) is 2. The van der Waals surface area contributed by atoms with Crippen LogP contribution >= 0.6 is 0 Å². The molecule has 1 aromatic heterocycles. The van der Waals surface area contributed by atoms with Crippen molar-refractivity contribution < 1.29 is 0 Å². The molecule has 0 saturated heterocycles. The minimum atomic E-state index is 0.795. The second-order valence-corrected chi connectivity index (χ2v) is 3.87. The lowest BCUT2D eigenvalue weighted by Gasteiger charge is -2.19. The molecule has 0 spiro atoms. The maximum absolute atomic E-state index is 5.71. The summed E-state index contributed by atoms with van der Waals surface area (Å²) in [6, 6.07) is 4.59. The third-order valence-corrected chi connectivity index (χ3v) is 2.68. The number of nitrogens with two attached hydrogens (primary N) is 1. The van der Waals surface area contributed by atoms with Crippen LogP contribution in [0.1, 0.15) is 25.5 Å². The lowest BCUT2D eigenvalue weighted by molar-refractivity contribution is 0.266. The average molecular weight is 191 g/mol. The summed E-state index contributed by atoms with van der Waals surface area (Å²) in [4.78, 5) is 6.78. The van der Waals surface area contributed by atoms with E-state index in [9.17, 15) is 0 Å². The van der Waals surface area contributed by atoms with E-state index in [1.165, 1.54) is 12.8 Å². The first kappa shape index (κ1) is 9.46. The van der Waals surface area contributed by atoms with Gasteiger partial charge in [-0.25, -0.2) is 0 Å². The zero-order valence-electron chi connectivity index (χ0n) is 8.61. The quantitative estimate of drug-likeness (QED) is 0.786. The van der Waals surface area contributed by atoms with Gasteiger partial charge in [0.25, 0.3) is 0 Å². The van der Waals surface area contributed by atoms with Gasteiger partial charge in [-0.1, -0.05) is 6.92 Å². The molecule has 1 aromatic rings. The van der Waals surface area contributed by atoms with Crippen LogP contribution < -0.4 is 5.73 Å². The smallest absolute Gasteiger partial charge is 0.0564 e. The van der Waals surface area contributed by atoms with E-state index in [1.54, 1.807) is 6.20 Å². The van der Waals surface area contributed by atoms with Gasteiger partial charge >= 0.3 is 0 Å². The minimum Gasteiger partial charge on any atom is -0.399 e. The maximum atomic E-state index is 5.71. The lowest BCUT2D eigenvalue weighted by Crippen LogP contribution is -2.25. The summed E-state index contributed by atoms with van der Waals surface area (Å²) in [7, 11) is 0. The van der Waals surface area contributed by atoms with Crippen LogP contribution in [-0.2, 0) is 6.54 Å². The molecule has 0 aliphatic heterocycles. The van der Waals surface area contributed by atoms with E-state index in [-0.39, 0.29) is 0 Å². The average Bonchev–Trinajstić information content (AvgIpc) is 2.97. The minimum absolute atomic E-state index is 0.795. The molecular formula is C11H17N3. The van der Waals surface area contributed by atoms with Crippen LogP contribution in [0.25, 0.3) is 0 Å². The number of rotatable bonds is 4. The first-order valence-electron chi connectivity index (χ1n) is 5.24. The summed E-state index contributed by atoms with van der Waals surface area (Å²) in [6.45, 7) is 4.23. The van der Waals surface area contributed by atoms with Crippen molar-refractivity contribution in [2.75, 3.05) is 12.3 Å². The highest BCUT2D eigenvalue weighted by Gasteiger charge is 2.27. The highest BCUT2D eigenvalue weighted by atomic mass is 15.2. The Kier molecular flexibility index (Phi) is 2.68. The second-order valence-electron chi connectivity index (χ2n) is 3.87. The van der Waals surface area contributed by atoms with E-state index in [2.05, 4.69) is 16.8 Å². The van der Waals surface area contributed by atoms with Gasteiger partial charge in [-0.15, -0.1) is 0 Å². The Bertz CT molecular complexity index is 307. The molecule has 1 saturated carbocycles. The molecule has 1 aliphatic carbocycles. The van der Waals surface area contributed by atoms with E-state index in [1.807, 2.05) is 12.1 Å². The Labute approximate surface area is 84.9 Å². The molecule has 0 aromatic carbocycles. The first-order chi connectivity index (χ1) is 6.79. The van der Waals surface area contributed by atoms with Gasteiger partial charge in [0.2, 0.25) is 0 Å². The SMILES string of the molecule is CCN(Cc1cc(N)ccn1)C1CC1. The van der Waals surface area contributed by atoms with Crippen LogP contribution in [0.4, 0.5) is 5.69 Å². The third-order valence-electron chi connectivity index (χ3n) is 2.68. The van der Waals surface area contributed by atoms with E-state index in [0.29, 0.717) is 0 Å². The number of hydrogen-bond donors (Lipinski definition) is 1. The van der Waals surface area contributed by atoms with E-state index < -0.39 is 0 Å². The van der Waals surface area contributed by atoms with Gasteiger partial charge in [-0.3, -0.25) is 9.88 Å². The summed E-state index contributed by atoms with van der Waals surface area (Å²) in [5, 5.41) is 0. The van der Waals surface area contributed by atoms with Gasteiger partial charge in [0.05, 0.1) is 5.69 Å². The summed E-state index contributed by atoms with van der Waals surface area (Å²) < 4.78 is 0. The van der Waals surface area contributed by atoms with Crippen molar-refractivity contribution in [1.29, 1.82) is 0 Å². The van der Waals surface area contributed by atoms with E-state index >= 15 is 0 Å². The Morgan fingerprint density at radius 1 is 1.57 bits per heavy atom. The predicted octanol–water partition coefficient (Wildman–Crippen LogP) is 1.65. The predicted molar refractivity (Wildman–Crippen MR) is 57.8 cm³/mol. The summed E-state index contributed by atoms with van der Waals surface area (Å²) in [6.07, 6.45) is 4.47. The van der Waals surface area contributed by atoms with Crippen LogP contribution in [-0.4, -0.2) is 22.5 Å². The van der Waals surface area contributed by atoms with Crippen molar-refractivity contribution >= 4 is 5.69 Å². The van der Waals surface area contributed by atoms with Gasteiger partial charge in [0.1, 0.15) is 0 Å². The lowest BCUT2D eigenvalue weighted by atomic mass is 10.3. The molecule has 3 nitrogen and oxygen atoms in total. The normalized spacial score (nSPS) is 16.1. The molecule has 2 N–H and O–H groups in total. The fourth-order valence-electron chi connectivity index (χ4n) is 1.73. The fourth-order valence-corrected chi connectivity index (χ4v) is 1.73. The van der Waals surface area contributed by atoms with E-state index in [0.717, 1.165) is 30.5 Å². The zero-order valence-corrected chi connectivity index (χ0v) is 8.61. The molecule has 1 heterocycles. The standard InChI is InChI=1S/C11H17N3/c1-2-14(11-3-4-11)8-10-7-9(12)5-6-13-10/h5-7,11H,2-4,8H2,1H3,(H2,12,13). The molecule has 1 aliphatic rings. The van der Waals surface area contributed by atoms with Crippen molar-refractivity contribution in [2.24, 2.45) is 0 Å². The molecule has 2 rings (SSSR count). The van der Waals surface area contributed by atoms with Crippen molar-refractivity contribution in [3.05, 3.63) is 24.0 Å². The summed E-state index contributed by atoms with van der Waals surface area (Å²) in [5.41, 5.74) is 7.60. The molecule has 0 amide bonds. The maximum Gasteiger partial charge on any atom is 0.0564 e. The number of aromatic nitrogens is 1. The number of anilines is 1. The molecule has 0 bridgehead atoms. The van der Waals surface area contributed by atoms with Crippen molar-refractivity contribution in [1.82, 2.24) is 9.88 Å². The van der Waals surface area contributed by atoms with Gasteiger partial charge in [-0.2, -0.15) is 0 Å². The van der Waals surface area contributed by atoms with Crippen LogP contribution in [0.15, 0.2) is 18.3 Å². The van der Waals surface area contributed by atoms with Crippen LogP contribution in [0.5, 0.6) is 0 Å². The van der Waals surface area contributed by atoms with Crippen LogP contribution in [0.2, 0.25) is 0 Å². The molecular weight excluding hydrogens is 174 g/mol. The Hall–Kier alpha value is -1.09. The number of nitrogen functional groups attached to an aromatic ring is 1. The fraction of sp³-hybridized carbons (Fsp3) is 0.545. The molecule has 0 radical (unpaired) electrons. The Morgan fingerprint density at radius 3 is 2.93 bits per heavy atom. The zero-order chi connectivity index (χ0) is 9.97. The van der Waals surface area contributed by atoms with Gasteiger partial charge in [0, 0.05) is 24.5 Å². The van der Waals surface area contributed by atoms with Crippen LogP contribution in [0, 0.1) is 0 Å². The molecule has 0 atom stereocenters. The highest BCUT2D eigenvalue weighted by Crippen LogP contribution is 2.27. The molecule has 14 heavy (non-hydrogen) atoms. The van der Waals surface area contributed by atoms with Gasteiger partial charge in [0.15, 0.2) is 0 Å². The van der Waals surface area contributed by atoms with Crippen molar-refractivity contribution in [3.63, 3.8) is 0 Å². The molecule has 76 valence electrons. The van der Waals surface area contributed by atoms with E-state index in [4.69, 9.17) is 5.73 Å². The molecule has 3 heteroatoms. The Balaban J connectivity index is 2.01.